The molecule has 0 spiro atoms. The van der Waals surface area contributed by atoms with Crippen molar-refractivity contribution >= 4 is 5.97 Å². The molecule has 0 bridgehead atoms. The van der Waals surface area contributed by atoms with E-state index in [9.17, 15) is 9.90 Å². The van der Waals surface area contributed by atoms with Gasteiger partial charge < -0.3 is 5.11 Å². The Balaban J connectivity index is 1.95. The summed E-state index contributed by atoms with van der Waals surface area (Å²) in [4.78, 5) is 11.3. The van der Waals surface area contributed by atoms with E-state index in [0.29, 0.717) is 12.8 Å². The smallest absolute Gasteiger partial charge is 0.306 e. The van der Waals surface area contributed by atoms with E-state index in [1.807, 2.05) is 60.7 Å². The molecule has 98 valence electrons. The summed E-state index contributed by atoms with van der Waals surface area (Å²) in [5, 5.41) is 9.31. The average Bonchev–Trinajstić information content (AvgIpc) is 2.45. The topological polar surface area (TPSA) is 37.3 Å². The van der Waals surface area contributed by atoms with Crippen LogP contribution in [0.15, 0.2) is 60.7 Å². The number of carboxylic acid groups (broad SMARTS) is 1. The fourth-order valence-corrected chi connectivity index (χ4v) is 2.20. The van der Waals surface area contributed by atoms with Crippen LogP contribution < -0.4 is 0 Å². The molecule has 0 fully saturated rings. The van der Waals surface area contributed by atoms with Crippen molar-refractivity contribution in [1.29, 1.82) is 0 Å². The molecule has 0 aliphatic heterocycles. The maximum Gasteiger partial charge on any atom is 0.306 e. The molecule has 0 heterocycles. The Hall–Kier alpha value is -2.09. The maximum atomic E-state index is 11.3. The second kappa shape index (κ2) is 6.74. The molecule has 2 aromatic carbocycles. The van der Waals surface area contributed by atoms with E-state index in [0.717, 1.165) is 12.0 Å². The highest BCUT2D eigenvalue weighted by Gasteiger charge is 2.17. The quantitative estimate of drug-likeness (QED) is 0.855. The average molecular weight is 254 g/mol. The molecule has 2 nitrogen and oxygen atoms in total. The van der Waals surface area contributed by atoms with Gasteiger partial charge in [0.2, 0.25) is 0 Å². The molecule has 0 amide bonds. The lowest BCUT2D eigenvalue weighted by Gasteiger charge is -2.12. The first-order chi connectivity index (χ1) is 9.25. The van der Waals surface area contributed by atoms with Gasteiger partial charge in [0.25, 0.3) is 0 Å². The van der Waals surface area contributed by atoms with Gasteiger partial charge in [-0.3, -0.25) is 4.79 Å². The Bertz CT molecular complexity index is 505. The Morgan fingerprint density at radius 3 is 1.95 bits per heavy atom. The van der Waals surface area contributed by atoms with Crippen LogP contribution in [0.1, 0.15) is 17.5 Å². The van der Waals surface area contributed by atoms with Crippen LogP contribution in [0, 0.1) is 5.92 Å². The monoisotopic (exact) mass is 254 g/mol. The minimum atomic E-state index is -0.709. The van der Waals surface area contributed by atoms with Gasteiger partial charge in [0.05, 0.1) is 5.92 Å². The van der Waals surface area contributed by atoms with Crippen molar-refractivity contribution in [1.82, 2.24) is 0 Å². The van der Waals surface area contributed by atoms with Crippen LogP contribution in [0.2, 0.25) is 0 Å². The lowest BCUT2D eigenvalue weighted by molar-refractivity contribution is -0.141. The van der Waals surface area contributed by atoms with Gasteiger partial charge in [0.15, 0.2) is 0 Å². The van der Waals surface area contributed by atoms with Crippen LogP contribution in [-0.4, -0.2) is 11.1 Å². The van der Waals surface area contributed by atoms with E-state index in [-0.39, 0.29) is 5.92 Å². The molecule has 19 heavy (non-hydrogen) atoms. The van der Waals surface area contributed by atoms with Gasteiger partial charge >= 0.3 is 5.97 Å². The number of hydrogen-bond donors (Lipinski definition) is 1. The molecular weight excluding hydrogens is 236 g/mol. The highest BCUT2D eigenvalue weighted by Crippen LogP contribution is 2.16. The molecule has 0 radical (unpaired) electrons. The Morgan fingerprint density at radius 1 is 0.895 bits per heavy atom. The second-order valence-electron chi connectivity index (χ2n) is 4.75. The zero-order valence-electron chi connectivity index (χ0n) is 10.8. The van der Waals surface area contributed by atoms with E-state index in [1.165, 1.54) is 5.56 Å². The lowest BCUT2D eigenvalue weighted by atomic mass is 9.93. The van der Waals surface area contributed by atoms with Gasteiger partial charge in [0, 0.05) is 0 Å². The fraction of sp³-hybridized carbons (Fsp3) is 0.235. The minimum absolute atomic E-state index is 0.317. The molecular formula is C17H18O2. The fourth-order valence-electron chi connectivity index (χ4n) is 2.20. The summed E-state index contributed by atoms with van der Waals surface area (Å²) >= 11 is 0. The van der Waals surface area contributed by atoms with Crippen LogP contribution in [-0.2, 0) is 17.6 Å². The highest BCUT2D eigenvalue weighted by molar-refractivity contribution is 5.70. The molecule has 2 heteroatoms. The first-order valence-corrected chi connectivity index (χ1v) is 6.56. The zero-order chi connectivity index (χ0) is 13.5. The second-order valence-corrected chi connectivity index (χ2v) is 4.75. The Kier molecular flexibility index (Phi) is 4.73. The third-order valence-electron chi connectivity index (χ3n) is 3.30. The van der Waals surface area contributed by atoms with Gasteiger partial charge in [-0.05, 0) is 30.4 Å². The first-order valence-electron chi connectivity index (χ1n) is 6.56. The molecule has 0 aliphatic carbocycles. The van der Waals surface area contributed by atoms with Crippen molar-refractivity contribution in [2.45, 2.75) is 19.3 Å². The van der Waals surface area contributed by atoms with Crippen molar-refractivity contribution in [2.75, 3.05) is 0 Å². The summed E-state index contributed by atoms with van der Waals surface area (Å²) in [6.07, 6.45) is 2.09. The molecule has 0 saturated carbocycles. The van der Waals surface area contributed by atoms with Crippen molar-refractivity contribution in [2.24, 2.45) is 5.92 Å². The molecule has 0 saturated heterocycles. The molecule has 0 aromatic heterocycles. The van der Waals surface area contributed by atoms with Gasteiger partial charge in [0.1, 0.15) is 0 Å². The Morgan fingerprint density at radius 2 is 1.42 bits per heavy atom. The normalized spacial score (nSPS) is 12.0. The van der Waals surface area contributed by atoms with Crippen LogP contribution in [0.3, 0.4) is 0 Å². The van der Waals surface area contributed by atoms with Crippen molar-refractivity contribution < 1.29 is 9.90 Å². The first kappa shape index (κ1) is 13.3. The predicted octanol–water partition coefficient (Wildman–Crippen LogP) is 3.56. The van der Waals surface area contributed by atoms with Crippen molar-refractivity contribution in [3.05, 3.63) is 71.8 Å². The minimum Gasteiger partial charge on any atom is -0.481 e. The third kappa shape index (κ3) is 4.25. The summed E-state index contributed by atoms with van der Waals surface area (Å²) in [5.74, 6) is -1.03. The highest BCUT2D eigenvalue weighted by atomic mass is 16.4. The number of benzene rings is 2. The zero-order valence-corrected chi connectivity index (χ0v) is 10.8. The number of hydrogen-bond acceptors (Lipinski definition) is 1. The number of carboxylic acids is 1. The third-order valence-corrected chi connectivity index (χ3v) is 3.30. The number of aryl methyl sites for hydroxylation is 1. The van der Waals surface area contributed by atoms with Gasteiger partial charge in [-0.2, -0.15) is 0 Å². The summed E-state index contributed by atoms with van der Waals surface area (Å²) in [7, 11) is 0. The van der Waals surface area contributed by atoms with E-state index in [1.54, 1.807) is 0 Å². The molecule has 1 atom stereocenters. The molecule has 0 unspecified atom stereocenters. The van der Waals surface area contributed by atoms with E-state index < -0.39 is 5.97 Å². The summed E-state index contributed by atoms with van der Waals surface area (Å²) < 4.78 is 0. The van der Waals surface area contributed by atoms with Crippen LogP contribution >= 0.6 is 0 Å². The van der Waals surface area contributed by atoms with Crippen molar-refractivity contribution in [3.8, 4) is 0 Å². The predicted molar refractivity (Wildman–Crippen MR) is 76.0 cm³/mol. The standard InChI is InChI=1S/C17H18O2/c18-17(19)16(13-15-9-5-2-6-10-15)12-11-14-7-3-1-4-8-14/h1-10,16H,11-13H2,(H,18,19)/t16-/m0/s1. The Labute approximate surface area is 113 Å². The summed E-state index contributed by atoms with van der Waals surface area (Å²) in [6.45, 7) is 0. The molecule has 2 aromatic rings. The largest absolute Gasteiger partial charge is 0.481 e. The van der Waals surface area contributed by atoms with Crippen molar-refractivity contribution in [3.63, 3.8) is 0 Å². The van der Waals surface area contributed by atoms with Crippen LogP contribution in [0.4, 0.5) is 0 Å². The van der Waals surface area contributed by atoms with Crippen LogP contribution in [0.5, 0.6) is 0 Å². The number of carbonyl (C=O) groups is 1. The number of rotatable bonds is 6. The summed E-state index contributed by atoms with van der Waals surface area (Å²) in [6, 6.07) is 19.9. The van der Waals surface area contributed by atoms with Crippen LogP contribution in [0.25, 0.3) is 0 Å². The van der Waals surface area contributed by atoms with Gasteiger partial charge in [-0.1, -0.05) is 60.7 Å². The molecule has 0 aliphatic rings. The molecule has 2 rings (SSSR count). The summed E-state index contributed by atoms with van der Waals surface area (Å²) in [5.41, 5.74) is 2.28. The number of aliphatic carboxylic acids is 1. The van der Waals surface area contributed by atoms with E-state index in [2.05, 4.69) is 0 Å². The lowest BCUT2D eigenvalue weighted by Crippen LogP contribution is -2.17. The molecule has 1 N–H and O–H groups in total. The van der Waals surface area contributed by atoms with Gasteiger partial charge in [-0.15, -0.1) is 0 Å². The van der Waals surface area contributed by atoms with Gasteiger partial charge in [-0.25, -0.2) is 0 Å². The SMILES string of the molecule is O=C(O)[C@@H](CCc1ccccc1)Cc1ccccc1. The maximum absolute atomic E-state index is 11.3. The van der Waals surface area contributed by atoms with E-state index in [4.69, 9.17) is 0 Å². The van der Waals surface area contributed by atoms with E-state index >= 15 is 0 Å².